The number of hydrogen-bond acceptors (Lipinski definition) is 4. The van der Waals surface area contributed by atoms with Crippen molar-refractivity contribution < 1.29 is 18.5 Å². The van der Waals surface area contributed by atoms with Gasteiger partial charge in [-0.1, -0.05) is 26.7 Å². The number of fused-ring (bicyclic) bond motifs is 1. The van der Waals surface area contributed by atoms with Crippen molar-refractivity contribution in [1.29, 1.82) is 0 Å². The van der Waals surface area contributed by atoms with Gasteiger partial charge < -0.3 is 10.8 Å². The molecule has 1 aromatic carbocycles. The van der Waals surface area contributed by atoms with Crippen LogP contribution in [0.25, 0.3) is 0 Å². The quantitative estimate of drug-likeness (QED) is 0.725. The molecule has 2 unspecified atom stereocenters. The van der Waals surface area contributed by atoms with Gasteiger partial charge in [-0.25, -0.2) is 8.60 Å². The Balaban J connectivity index is 1.89. The number of nitrogens with one attached hydrogen (secondary N) is 1. The summed E-state index contributed by atoms with van der Waals surface area (Å²) in [4.78, 5) is 11.5. The third kappa shape index (κ3) is 3.71. The molecule has 0 aromatic heterocycles. The summed E-state index contributed by atoms with van der Waals surface area (Å²) in [6.45, 7) is 4.08. The number of nitrogens with zero attached hydrogens (tertiary/aromatic N) is 1. The van der Waals surface area contributed by atoms with Crippen LogP contribution in [-0.4, -0.2) is 27.3 Å². The summed E-state index contributed by atoms with van der Waals surface area (Å²) >= 11 is -1.89. The molecule has 0 saturated carbocycles. The molecule has 1 saturated heterocycles. The zero-order valence-corrected chi connectivity index (χ0v) is 16.0. The Morgan fingerprint density at radius 2 is 2.23 bits per heavy atom. The molecule has 26 heavy (non-hydrogen) atoms. The zero-order valence-electron chi connectivity index (χ0n) is 15.2. The van der Waals surface area contributed by atoms with E-state index in [1.807, 2.05) is 0 Å². The van der Waals surface area contributed by atoms with Gasteiger partial charge in [0.05, 0.1) is 0 Å². The van der Waals surface area contributed by atoms with Crippen LogP contribution in [0.2, 0.25) is 0 Å². The minimum Gasteiger partial charge on any atom is -0.506 e. The highest BCUT2D eigenvalue weighted by Crippen LogP contribution is 2.41. The molecule has 144 valence electrons. The third-order valence-corrected chi connectivity index (χ3v) is 6.34. The van der Waals surface area contributed by atoms with Crippen molar-refractivity contribution in [3.8, 4) is 5.75 Å². The molecular weight excluding hydrogens is 357 g/mol. The van der Waals surface area contributed by atoms with Gasteiger partial charge in [-0.05, 0) is 48.8 Å². The van der Waals surface area contributed by atoms with Gasteiger partial charge in [-0.15, -0.1) is 0 Å². The van der Waals surface area contributed by atoms with Crippen molar-refractivity contribution >= 4 is 22.8 Å². The van der Waals surface area contributed by atoms with E-state index in [0.29, 0.717) is 24.3 Å². The SMILES string of the molecule is CC(C)CCCC1(N)CCc2cc(O)c(N3CC(=O)NS3=O)c(F)c2C1. The molecule has 0 bridgehead atoms. The molecule has 1 heterocycles. The van der Waals surface area contributed by atoms with Crippen LogP contribution in [0.1, 0.15) is 50.7 Å². The number of benzene rings is 1. The number of hydrogen-bond donors (Lipinski definition) is 3. The first-order chi connectivity index (χ1) is 12.2. The van der Waals surface area contributed by atoms with Crippen molar-refractivity contribution in [3.63, 3.8) is 0 Å². The number of aryl methyl sites for hydroxylation is 1. The molecule has 1 aromatic rings. The topological polar surface area (TPSA) is 95.7 Å². The highest BCUT2D eigenvalue weighted by molar-refractivity contribution is 7.85. The van der Waals surface area contributed by atoms with E-state index < -0.39 is 28.4 Å². The van der Waals surface area contributed by atoms with Crippen molar-refractivity contribution in [1.82, 2.24) is 4.72 Å². The van der Waals surface area contributed by atoms with Gasteiger partial charge in [0.15, 0.2) is 5.82 Å². The maximum absolute atomic E-state index is 15.2. The number of phenols is 1. The lowest BCUT2D eigenvalue weighted by atomic mass is 9.75. The van der Waals surface area contributed by atoms with Crippen LogP contribution in [0.3, 0.4) is 0 Å². The average molecular weight is 383 g/mol. The number of carbonyl (C=O) groups excluding carboxylic acids is 1. The first kappa shape index (κ1) is 19.1. The summed E-state index contributed by atoms with van der Waals surface area (Å²) in [5.41, 5.74) is 7.09. The fourth-order valence-electron chi connectivity index (χ4n) is 3.80. The van der Waals surface area contributed by atoms with Crippen molar-refractivity contribution in [2.45, 2.75) is 57.9 Å². The molecule has 8 heteroatoms. The van der Waals surface area contributed by atoms with E-state index >= 15 is 4.39 Å². The van der Waals surface area contributed by atoms with Crippen LogP contribution >= 0.6 is 0 Å². The van der Waals surface area contributed by atoms with Crippen molar-refractivity contribution in [3.05, 3.63) is 23.0 Å². The highest BCUT2D eigenvalue weighted by Gasteiger charge is 2.37. The van der Waals surface area contributed by atoms with E-state index in [-0.39, 0.29) is 18.0 Å². The van der Waals surface area contributed by atoms with E-state index in [2.05, 4.69) is 18.6 Å². The van der Waals surface area contributed by atoms with E-state index in [9.17, 15) is 14.1 Å². The lowest BCUT2D eigenvalue weighted by molar-refractivity contribution is -0.117. The minimum absolute atomic E-state index is 0.188. The lowest BCUT2D eigenvalue weighted by Gasteiger charge is -2.36. The number of amides is 1. The summed E-state index contributed by atoms with van der Waals surface area (Å²) in [6, 6.07) is 1.52. The Kier molecular flexibility index (Phi) is 5.25. The fraction of sp³-hybridized carbons (Fsp3) is 0.611. The molecule has 1 aliphatic carbocycles. The largest absolute Gasteiger partial charge is 0.506 e. The normalized spacial score (nSPS) is 25.5. The lowest BCUT2D eigenvalue weighted by Crippen LogP contribution is -2.45. The van der Waals surface area contributed by atoms with Gasteiger partial charge in [-0.2, -0.15) is 0 Å². The van der Waals surface area contributed by atoms with Crippen LogP contribution in [0, 0.1) is 11.7 Å². The Hall–Kier alpha value is -1.67. The minimum atomic E-state index is -1.89. The second-order valence-electron chi connectivity index (χ2n) is 7.83. The summed E-state index contributed by atoms with van der Waals surface area (Å²) in [5, 5.41) is 10.3. The van der Waals surface area contributed by atoms with E-state index in [0.717, 1.165) is 35.6 Å². The summed E-state index contributed by atoms with van der Waals surface area (Å²) < 4.78 is 30.5. The van der Waals surface area contributed by atoms with E-state index in [4.69, 9.17) is 5.73 Å². The Morgan fingerprint density at radius 1 is 1.50 bits per heavy atom. The van der Waals surface area contributed by atoms with Crippen LogP contribution in [0.4, 0.5) is 10.1 Å². The average Bonchev–Trinajstić information content (AvgIpc) is 2.86. The van der Waals surface area contributed by atoms with Gasteiger partial charge in [0, 0.05) is 5.54 Å². The summed E-state index contributed by atoms with van der Waals surface area (Å²) in [6.07, 6.45) is 4.60. The molecular formula is C18H26FN3O3S. The molecule has 0 radical (unpaired) electrons. The Labute approximate surface area is 155 Å². The number of phenolic OH excluding ortho intramolecular Hbond substituents is 1. The van der Waals surface area contributed by atoms with Gasteiger partial charge >= 0.3 is 0 Å². The maximum Gasteiger partial charge on any atom is 0.253 e. The smallest absolute Gasteiger partial charge is 0.253 e. The standard InChI is InChI=1S/C18H26FN3O3S/c1-11(2)4-3-6-18(20)7-5-12-8-14(23)17(16(19)13(12)9-18)22-10-15(24)21-26(22)25/h8,11,23H,3-7,9-10,20H2,1-2H3,(H,21,24). The second-order valence-corrected chi connectivity index (χ2v) is 8.98. The predicted molar refractivity (Wildman–Crippen MR) is 99.3 cm³/mol. The summed E-state index contributed by atoms with van der Waals surface area (Å²) in [7, 11) is 0. The van der Waals surface area contributed by atoms with Crippen LogP contribution in [0.15, 0.2) is 6.07 Å². The first-order valence-corrected chi connectivity index (χ1v) is 10.1. The van der Waals surface area contributed by atoms with Crippen molar-refractivity contribution in [2.24, 2.45) is 11.7 Å². The number of aromatic hydroxyl groups is 1. The van der Waals surface area contributed by atoms with Crippen LogP contribution in [0.5, 0.6) is 5.75 Å². The zero-order chi connectivity index (χ0) is 19.1. The number of rotatable bonds is 5. The van der Waals surface area contributed by atoms with Crippen molar-refractivity contribution in [2.75, 3.05) is 10.8 Å². The molecule has 2 atom stereocenters. The van der Waals surface area contributed by atoms with Crippen LogP contribution in [-0.2, 0) is 28.8 Å². The molecule has 3 rings (SSSR count). The molecule has 4 N–H and O–H groups in total. The Bertz CT molecular complexity index is 756. The Morgan fingerprint density at radius 3 is 2.85 bits per heavy atom. The van der Waals surface area contributed by atoms with Gasteiger partial charge in [0.2, 0.25) is 11.2 Å². The third-order valence-electron chi connectivity index (χ3n) is 5.23. The molecule has 1 aliphatic heterocycles. The number of nitrogens with two attached hydrogens (primary N) is 1. The molecule has 1 fully saturated rings. The van der Waals surface area contributed by atoms with E-state index in [1.165, 1.54) is 6.07 Å². The number of anilines is 1. The monoisotopic (exact) mass is 383 g/mol. The maximum atomic E-state index is 15.2. The van der Waals surface area contributed by atoms with Gasteiger partial charge in [0.1, 0.15) is 18.0 Å². The molecule has 2 aliphatic rings. The highest BCUT2D eigenvalue weighted by atomic mass is 32.2. The van der Waals surface area contributed by atoms with E-state index in [1.54, 1.807) is 0 Å². The van der Waals surface area contributed by atoms with Crippen LogP contribution < -0.4 is 14.8 Å². The fourth-order valence-corrected chi connectivity index (χ4v) is 4.75. The molecule has 0 spiro atoms. The van der Waals surface area contributed by atoms with Gasteiger partial charge in [0.25, 0.3) is 5.91 Å². The second kappa shape index (κ2) is 7.15. The molecule has 6 nitrogen and oxygen atoms in total. The predicted octanol–water partition coefficient (Wildman–Crippen LogP) is 2.06. The number of halogens is 1. The molecule has 1 amide bonds. The first-order valence-electron chi connectivity index (χ1n) is 9.01. The number of carbonyl (C=O) groups is 1. The summed E-state index contributed by atoms with van der Waals surface area (Å²) in [5.74, 6) is -0.787. The van der Waals surface area contributed by atoms with Gasteiger partial charge in [-0.3, -0.25) is 13.8 Å².